The van der Waals surface area contributed by atoms with Crippen LogP contribution in [0.1, 0.15) is 19.3 Å². The van der Waals surface area contributed by atoms with E-state index in [9.17, 15) is 0 Å². The van der Waals surface area contributed by atoms with Crippen LogP contribution in [-0.4, -0.2) is 12.7 Å². The van der Waals surface area contributed by atoms with Gasteiger partial charge in [-0.05, 0) is 26.2 Å². The molecule has 1 aliphatic rings. The van der Waals surface area contributed by atoms with Gasteiger partial charge in [0.1, 0.15) is 0 Å². The Labute approximate surface area is 44.7 Å². The lowest BCUT2D eigenvalue weighted by atomic mass is 9.96. The van der Waals surface area contributed by atoms with E-state index in [0.717, 1.165) is 0 Å². The fraction of sp³-hybridized carbons (Fsp3) is 0.833. The molecule has 0 aliphatic heterocycles. The van der Waals surface area contributed by atoms with Gasteiger partial charge in [-0.1, -0.05) is 0 Å². The molecule has 1 nitrogen and oxygen atoms in total. The second-order valence-electron chi connectivity index (χ2n) is 1.92. The van der Waals surface area contributed by atoms with Crippen LogP contribution in [0.3, 0.4) is 0 Å². The van der Waals surface area contributed by atoms with E-state index in [0.29, 0.717) is 12.7 Å². The van der Waals surface area contributed by atoms with Gasteiger partial charge in [0.15, 0.2) is 0 Å². The Bertz CT molecular complexity index is 48.1. The SMILES string of the molecule is [CH2]COC1CCC1. The largest absolute Gasteiger partial charge is 0.378 e. The summed E-state index contributed by atoms with van der Waals surface area (Å²) in [5.74, 6) is 0. The van der Waals surface area contributed by atoms with E-state index in [2.05, 4.69) is 6.92 Å². The smallest absolute Gasteiger partial charge is 0.0575 e. The number of ether oxygens (including phenoxy) is 1. The first kappa shape index (κ1) is 5.10. The third kappa shape index (κ3) is 1.16. The average molecular weight is 99.2 g/mol. The van der Waals surface area contributed by atoms with E-state index in [4.69, 9.17) is 4.74 Å². The first-order valence-corrected chi connectivity index (χ1v) is 2.84. The lowest BCUT2D eigenvalue weighted by Crippen LogP contribution is -2.20. The van der Waals surface area contributed by atoms with Gasteiger partial charge in [0.2, 0.25) is 0 Å². The molecule has 0 amide bonds. The molecule has 1 heteroatoms. The maximum absolute atomic E-state index is 5.17. The van der Waals surface area contributed by atoms with Gasteiger partial charge in [-0.3, -0.25) is 0 Å². The molecule has 1 aliphatic carbocycles. The van der Waals surface area contributed by atoms with Gasteiger partial charge in [-0.25, -0.2) is 0 Å². The molecule has 0 saturated heterocycles. The molecule has 0 aromatic heterocycles. The Morgan fingerprint density at radius 1 is 1.57 bits per heavy atom. The Kier molecular flexibility index (Phi) is 1.69. The third-order valence-corrected chi connectivity index (χ3v) is 1.41. The zero-order chi connectivity index (χ0) is 5.11. The van der Waals surface area contributed by atoms with Gasteiger partial charge >= 0.3 is 0 Å². The summed E-state index contributed by atoms with van der Waals surface area (Å²) < 4.78 is 5.17. The molecule has 0 heterocycles. The Morgan fingerprint density at radius 2 is 2.29 bits per heavy atom. The van der Waals surface area contributed by atoms with Crippen LogP contribution in [0, 0.1) is 6.92 Å². The van der Waals surface area contributed by atoms with Crippen molar-refractivity contribution in [3.05, 3.63) is 6.92 Å². The molecule has 0 aromatic carbocycles. The molecular formula is C6H11O. The van der Waals surface area contributed by atoms with Crippen molar-refractivity contribution < 1.29 is 4.74 Å². The van der Waals surface area contributed by atoms with E-state index in [1.54, 1.807) is 0 Å². The van der Waals surface area contributed by atoms with Gasteiger partial charge in [0.05, 0.1) is 6.10 Å². The minimum absolute atomic E-state index is 0.567. The van der Waals surface area contributed by atoms with Gasteiger partial charge < -0.3 is 4.74 Å². The summed E-state index contributed by atoms with van der Waals surface area (Å²) in [7, 11) is 0. The Morgan fingerprint density at radius 3 is 2.43 bits per heavy atom. The molecule has 0 bridgehead atoms. The van der Waals surface area contributed by atoms with Crippen molar-refractivity contribution in [2.75, 3.05) is 6.61 Å². The number of hydrogen-bond donors (Lipinski definition) is 0. The summed E-state index contributed by atoms with van der Waals surface area (Å²) >= 11 is 0. The van der Waals surface area contributed by atoms with Crippen LogP contribution >= 0.6 is 0 Å². The standard InChI is InChI=1S/C6H11O/c1-2-7-6-4-3-5-6/h6H,1-5H2. The highest BCUT2D eigenvalue weighted by molar-refractivity contribution is 4.68. The van der Waals surface area contributed by atoms with Crippen LogP contribution in [0.2, 0.25) is 0 Å². The van der Waals surface area contributed by atoms with Gasteiger partial charge in [0, 0.05) is 6.61 Å². The van der Waals surface area contributed by atoms with Crippen LogP contribution in [-0.2, 0) is 4.74 Å². The van der Waals surface area contributed by atoms with Crippen molar-refractivity contribution in [2.45, 2.75) is 25.4 Å². The highest BCUT2D eigenvalue weighted by atomic mass is 16.5. The summed E-state index contributed by atoms with van der Waals surface area (Å²) in [6, 6.07) is 0. The van der Waals surface area contributed by atoms with Crippen LogP contribution in [0.15, 0.2) is 0 Å². The average Bonchev–Trinajstić information content (AvgIpc) is 1.55. The Hall–Kier alpha value is -0.0400. The van der Waals surface area contributed by atoms with Crippen molar-refractivity contribution in [3.63, 3.8) is 0 Å². The number of hydrogen-bond acceptors (Lipinski definition) is 1. The predicted molar refractivity (Wildman–Crippen MR) is 28.9 cm³/mol. The third-order valence-electron chi connectivity index (χ3n) is 1.41. The molecule has 7 heavy (non-hydrogen) atoms. The zero-order valence-corrected chi connectivity index (χ0v) is 4.52. The summed E-state index contributed by atoms with van der Waals surface area (Å²) in [6.07, 6.45) is 4.44. The second kappa shape index (κ2) is 2.31. The first-order valence-electron chi connectivity index (χ1n) is 2.84. The van der Waals surface area contributed by atoms with Crippen molar-refractivity contribution in [1.29, 1.82) is 0 Å². The lowest BCUT2D eigenvalue weighted by Gasteiger charge is -2.24. The highest BCUT2D eigenvalue weighted by Gasteiger charge is 2.15. The fourth-order valence-corrected chi connectivity index (χ4v) is 0.704. The van der Waals surface area contributed by atoms with Crippen molar-refractivity contribution >= 4 is 0 Å². The highest BCUT2D eigenvalue weighted by Crippen LogP contribution is 2.21. The number of rotatable bonds is 2. The molecule has 41 valence electrons. The van der Waals surface area contributed by atoms with Crippen LogP contribution in [0.25, 0.3) is 0 Å². The second-order valence-corrected chi connectivity index (χ2v) is 1.92. The maximum atomic E-state index is 5.17. The maximum Gasteiger partial charge on any atom is 0.0575 e. The molecular weight excluding hydrogens is 88.1 g/mol. The van der Waals surface area contributed by atoms with Crippen LogP contribution in [0.5, 0.6) is 0 Å². The molecule has 1 rings (SSSR count). The van der Waals surface area contributed by atoms with Crippen molar-refractivity contribution in [2.24, 2.45) is 0 Å². The molecule has 0 N–H and O–H groups in total. The normalized spacial score (nSPS) is 21.9. The summed E-state index contributed by atoms with van der Waals surface area (Å²) in [4.78, 5) is 0. The van der Waals surface area contributed by atoms with E-state index in [1.165, 1.54) is 19.3 Å². The van der Waals surface area contributed by atoms with E-state index >= 15 is 0 Å². The zero-order valence-electron chi connectivity index (χ0n) is 4.52. The molecule has 0 atom stereocenters. The summed E-state index contributed by atoms with van der Waals surface area (Å²) in [5.41, 5.74) is 0. The first-order chi connectivity index (χ1) is 3.43. The fourth-order valence-electron chi connectivity index (χ4n) is 0.704. The van der Waals surface area contributed by atoms with Crippen LogP contribution < -0.4 is 0 Å². The summed E-state index contributed by atoms with van der Waals surface area (Å²) in [6.45, 7) is 4.23. The quantitative estimate of drug-likeness (QED) is 0.508. The Balaban J connectivity index is 1.93. The van der Waals surface area contributed by atoms with Crippen LogP contribution in [0.4, 0.5) is 0 Å². The molecule has 1 saturated carbocycles. The molecule has 1 fully saturated rings. The van der Waals surface area contributed by atoms with Crippen molar-refractivity contribution in [3.8, 4) is 0 Å². The van der Waals surface area contributed by atoms with Gasteiger partial charge in [0.25, 0.3) is 0 Å². The van der Waals surface area contributed by atoms with E-state index in [-0.39, 0.29) is 0 Å². The minimum atomic E-state index is 0.567. The molecule has 0 unspecified atom stereocenters. The molecule has 1 radical (unpaired) electrons. The lowest BCUT2D eigenvalue weighted by molar-refractivity contribution is 0.0179. The molecule has 0 aromatic rings. The van der Waals surface area contributed by atoms with Gasteiger partial charge in [-0.15, -0.1) is 0 Å². The monoisotopic (exact) mass is 99.1 g/mol. The molecule has 0 spiro atoms. The van der Waals surface area contributed by atoms with E-state index in [1.807, 2.05) is 0 Å². The summed E-state index contributed by atoms with van der Waals surface area (Å²) in [5, 5.41) is 0. The van der Waals surface area contributed by atoms with Gasteiger partial charge in [-0.2, -0.15) is 0 Å². The van der Waals surface area contributed by atoms with E-state index < -0.39 is 0 Å². The van der Waals surface area contributed by atoms with Crippen molar-refractivity contribution in [1.82, 2.24) is 0 Å². The topological polar surface area (TPSA) is 9.23 Å². The minimum Gasteiger partial charge on any atom is -0.378 e. The predicted octanol–water partition coefficient (Wildman–Crippen LogP) is 1.39.